The van der Waals surface area contributed by atoms with Crippen LogP contribution in [0, 0.1) is 5.92 Å². The molecule has 1 N–H and O–H groups in total. The van der Waals surface area contributed by atoms with E-state index in [2.05, 4.69) is 5.32 Å². The van der Waals surface area contributed by atoms with Crippen molar-refractivity contribution >= 4 is 27.3 Å². The molecule has 10 heteroatoms. The van der Waals surface area contributed by atoms with E-state index in [0.29, 0.717) is 18.5 Å². The molecule has 31 heavy (non-hydrogen) atoms. The number of benzene rings is 1. The summed E-state index contributed by atoms with van der Waals surface area (Å²) in [6, 6.07) is 3.51. The SMILES string of the molecule is CCS(=O)(=O)N1CCC(C(=O)Nc2cc(C(F)(F)F)ccc2N2CCCCCC2)CC1. The third kappa shape index (κ3) is 5.91. The molecular formula is C21H30F3N3O3S. The van der Waals surface area contributed by atoms with Crippen molar-refractivity contribution in [2.75, 3.05) is 42.1 Å². The fourth-order valence-electron chi connectivity index (χ4n) is 4.21. The Hall–Kier alpha value is -1.81. The number of alkyl halides is 3. The van der Waals surface area contributed by atoms with E-state index in [-0.39, 0.29) is 30.4 Å². The van der Waals surface area contributed by atoms with Crippen molar-refractivity contribution in [2.24, 2.45) is 5.92 Å². The van der Waals surface area contributed by atoms with Crippen LogP contribution < -0.4 is 10.2 Å². The van der Waals surface area contributed by atoms with E-state index in [1.54, 1.807) is 6.92 Å². The molecule has 2 saturated heterocycles. The van der Waals surface area contributed by atoms with Gasteiger partial charge in [0.05, 0.1) is 22.7 Å². The first kappa shape index (κ1) is 23.8. The number of nitrogens with zero attached hydrogens (tertiary/aromatic N) is 2. The van der Waals surface area contributed by atoms with Gasteiger partial charge < -0.3 is 10.2 Å². The van der Waals surface area contributed by atoms with Crippen LogP contribution in [0.1, 0.15) is 51.0 Å². The highest BCUT2D eigenvalue weighted by atomic mass is 32.2. The lowest BCUT2D eigenvalue weighted by Gasteiger charge is -2.31. The molecule has 6 nitrogen and oxygen atoms in total. The summed E-state index contributed by atoms with van der Waals surface area (Å²) in [6.45, 7) is 3.54. The van der Waals surface area contributed by atoms with E-state index in [9.17, 15) is 26.4 Å². The van der Waals surface area contributed by atoms with Crippen LogP contribution in [0.5, 0.6) is 0 Å². The largest absolute Gasteiger partial charge is 0.416 e. The summed E-state index contributed by atoms with van der Waals surface area (Å²) in [5.74, 6) is -0.786. The lowest BCUT2D eigenvalue weighted by Crippen LogP contribution is -2.42. The molecule has 0 radical (unpaired) electrons. The van der Waals surface area contributed by atoms with Crippen LogP contribution in [-0.4, -0.2) is 50.6 Å². The standard InChI is InChI=1S/C21H30F3N3O3S/c1-2-31(29,30)27-13-9-16(10-14-27)20(28)25-18-15-17(21(22,23)24)7-8-19(18)26-11-5-3-4-6-12-26/h7-8,15-16H,2-6,9-14H2,1H3,(H,25,28). The number of piperidine rings is 1. The lowest BCUT2D eigenvalue weighted by atomic mass is 9.97. The Bertz CT molecular complexity index is 874. The van der Waals surface area contributed by atoms with Crippen molar-refractivity contribution in [2.45, 2.75) is 51.6 Å². The van der Waals surface area contributed by atoms with Gasteiger partial charge in [-0.25, -0.2) is 12.7 Å². The Kier molecular flexibility index (Phi) is 7.51. The van der Waals surface area contributed by atoms with E-state index in [1.165, 1.54) is 10.4 Å². The average molecular weight is 462 g/mol. The zero-order valence-electron chi connectivity index (χ0n) is 17.7. The minimum atomic E-state index is -4.50. The maximum Gasteiger partial charge on any atom is 0.416 e. The van der Waals surface area contributed by atoms with Gasteiger partial charge in [0.25, 0.3) is 0 Å². The smallest absolute Gasteiger partial charge is 0.370 e. The number of sulfonamides is 1. The molecule has 2 aliphatic heterocycles. The van der Waals surface area contributed by atoms with E-state index in [1.807, 2.05) is 4.90 Å². The van der Waals surface area contributed by atoms with Gasteiger partial charge in [0.2, 0.25) is 15.9 Å². The normalized spacial score (nSPS) is 19.8. The van der Waals surface area contributed by atoms with Gasteiger partial charge in [0.1, 0.15) is 0 Å². The fourth-order valence-corrected chi connectivity index (χ4v) is 5.35. The molecular weight excluding hydrogens is 431 g/mol. The van der Waals surface area contributed by atoms with E-state index < -0.39 is 27.7 Å². The monoisotopic (exact) mass is 461 g/mol. The third-order valence-corrected chi connectivity index (χ3v) is 7.99. The molecule has 1 aromatic carbocycles. The van der Waals surface area contributed by atoms with Crippen LogP contribution in [0.2, 0.25) is 0 Å². The van der Waals surface area contributed by atoms with Gasteiger partial charge in [-0.05, 0) is 50.8 Å². The summed E-state index contributed by atoms with van der Waals surface area (Å²) in [5, 5.41) is 2.73. The molecule has 3 rings (SSSR count). The van der Waals surface area contributed by atoms with Gasteiger partial charge in [0, 0.05) is 32.1 Å². The second-order valence-corrected chi connectivity index (χ2v) is 10.5. The highest BCUT2D eigenvalue weighted by molar-refractivity contribution is 7.89. The van der Waals surface area contributed by atoms with Crippen molar-refractivity contribution in [1.29, 1.82) is 0 Å². The van der Waals surface area contributed by atoms with Gasteiger partial charge in [-0.1, -0.05) is 12.8 Å². The van der Waals surface area contributed by atoms with Crippen LogP contribution in [-0.2, 0) is 21.0 Å². The highest BCUT2D eigenvalue weighted by Gasteiger charge is 2.33. The van der Waals surface area contributed by atoms with Gasteiger partial charge in [0.15, 0.2) is 0 Å². The average Bonchev–Trinajstić information content (AvgIpc) is 3.02. The first-order valence-corrected chi connectivity index (χ1v) is 12.5. The minimum absolute atomic E-state index is 0.00723. The van der Waals surface area contributed by atoms with E-state index >= 15 is 0 Å². The van der Waals surface area contributed by atoms with E-state index in [0.717, 1.165) is 50.9 Å². The molecule has 0 aromatic heterocycles. The molecule has 0 atom stereocenters. The molecule has 0 spiro atoms. The quantitative estimate of drug-likeness (QED) is 0.717. The predicted octanol–water partition coefficient (Wildman–Crippen LogP) is 4.09. The second-order valence-electron chi connectivity index (χ2n) is 8.19. The summed E-state index contributed by atoms with van der Waals surface area (Å²) < 4.78 is 65.3. The second kappa shape index (κ2) is 9.77. The number of amides is 1. The van der Waals surface area contributed by atoms with Gasteiger partial charge in [-0.3, -0.25) is 4.79 Å². The number of rotatable bonds is 5. The first-order chi connectivity index (χ1) is 14.6. The van der Waals surface area contributed by atoms with Crippen molar-refractivity contribution in [1.82, 2.24) is 4.31 Å². The minimum Gasteiger partial charge on any atom is -0.370 e. The Labute approximate surface area is 181 Å². The topological polar surface area (TPSA) is 69.7 Å². The molecule has 0 unspecified atom stereocenters. The molecule has 1 aromatic rings. The van der Waals surface area contributed by atoms with Gasteiger partial charge in [-0.2, -0.15) is 13.2 Å². The molecule has 174 valence electrons. The van der Waals surface area contributed by atoms with Crippen LogP contribution in [0.3, 0.4) is 0 Å². The van der Waals surface area contributed by atoms with E-state index in [4.69, 9.17) is 0 Å². The lowest BCUT2D eigenvalue weighted by molar-refractivity contribution is -0.137. The summed E-state index contributed by atoms with van der Waals surface area (Å²) in [4.78, 5) is 14.9. The van der Waals surface area contributed by atoms with Crippen LogP contribution in [0.4, 0.5) is 24.5 Å². The van der Waals surface area contributed by atoms with Crippen molar-refractivity contribution in [3.05, 3.63) is 23.8 Å². The first-order valence-electron chi connectivity index (χ1n) is 10.9. The Balaban J connectivity index is 1.78. The number of carbonyl (C=O) groups is 1. The van der Waals surface area contributed by atoms with Gasteiger partial charge >= 0.3 is 6.18 Å². The summed E-state index contributed by atoms with van der Waals surface area (Å²) in [5.41, 5.74) is -0.0233. The number of halogens is 3. The molecule has 1 amide bonds. The molecule has 0 saturated carbocycles. The molecule has 0 aliphatic carbocycles. The molecule has 0 bridgehead atoms. The highest BCUT2D eigenvalue weighted by Crippen LogP contribution is 2.36. The predicted molar refractivity (Wildman–Crippen MR) is 115 cm³/mol. The summed E-state index contributed by atoms with van der Waals surface area (Å²) in [7, 11) is -3.31. The zero-order valence-corrected chi connectivity index (χ0v) is 18.6. The third-order valence-electron chi connectivity index (χ3n) is 6.11. The Morgan fingerprint density at radius 3 is 2.23 bits per heavy atom. The maximum atomic E-state index is 13.3. The van der Waals surface area contributed by atoms with Gasteiger partial charge in [-0.15, -0.1) is 0 Å². The summed E-state index contributed by atoms with van der Waals surface area (Å²) in [6.07, 6.45) is 0.274. The molecule has 2 heterocycles. The number of hydrogen-bond donors (Lipinski definition) is 1. The number of nitrogens with one attached hydrogen (secondary N) is 1. The van der Waals surface area contributed by atoms with Crippen LogP contribution >= 0.6 is 0 Å². The number of anilines is 2. The summed E-state index contributed by atoms with van der Waals surface area (Å²) >= 11 is 0. The number of carbonyl (C=O) groups excluding carboxylic acids is 1. The van der Waals surface area contributed by atoms with Crippen molar-refractivity contribution in [3.63, 3.8) is 0 Å². The molecule has 2 fully saturated rings. The van der Waals surface area contributed by atoms with Crippen LogP contribution in [0.25, 0.3) is 0 Å². The van der Waals surface area contributed by atoms with Crippen molar-refractivity contribution < 1.29 is 26.4 Å². The Morgan fingerprint density at radius 1 is 1.06 bits per heavy atom. The zero-order chi connectivity index (χ0) is 22.6. The molecule has 2 aliphatic rings. The van der Waals surface area contributed by atoms with Crippen molar-refractivity contribution in [3.8, 4) is 0 Å². The maximum absolute atomic E-state index is 13.3. The van der Waals surface area contributed by atoms with Crippen LogP contribution in [0.15, 0.2) is 18.2 Å². The number of hydrogen-bond acceptors (Lipinski definition) is 4. The Morgan fingerprint density at radius 2 is 1.68 bits per heavy atom. The fraction of sp³-hybridized carbons (Fsp3) is 0.667.